The summed E-state index contributed by atoms with van der Waals surface area (Å²) in [7, 11) is 3.36. The van der Waals surface area contributed by atoms with E-state index in [-0.39, 0.29) is 16.3 Å². The van der Waals surface area contributed by atoms with Crippen LogP contribution in [-0.2, 0) is 16.6 Å². The van der Waals surface area contributed by atoms with E-state index >= 15 is 0 Å². The molecule has 7 heteroatoms. The Bertz CT molecular complexity index is 1040. The second-order valence-electron chi connectivity index (χ2n) is 5.70. The molecule has 24 heavy (non-hydrogen) atoms. The van der Waals surface area contributed by atoms with Crippen LogP contribution in [0.3, 0.4) is 0 Å². The number of imide groups is 1. The SMILES string of the molecule is CN1C(=O)C(Br)=C(c2c(-c3cn(C)cn3)[nH]c3ccccc23)C1=O. The van der Waals surface area contributed by atoms with Crippen molar-refractivity contribution in [2.45, 2.75) is 0 Å². The van der Waals surface area contributed by atoms with Crippen LogP contribution in [0.1, 0.15) is 5.56 Å². The molecule has 0 fully saturated rings. The van der Waals surface area contributed by atoms with E-state index in [1.165, 1.54) is 7.05 Å². The Labute approximate surface area is 145 Å². The zero-order valence-corrected chi connectivity index (χ0v) is 14.6. The van der Waals surface area contributed by atoms with Gasteiger partial charge in [0.05, 0.1) is 22.1 Å². The van der Waals surface area contributed by atoms with Crippen molar-refractivity contribution >= 4 is 44.2 Å². The highest BCUT2D eigenvalue weighted by Gasteiger charge is 2.37. The van der Waals surface area contributed by atoms with E-state index in [0.29, 0.717) is 16.8 Å². The Morgan fingerprint density at radius 2 is 1.88 bits per heavy atom. The maximum Gasteiger partial charge on any atom is 0.268 e. The third-order valence-corrected chi connectivity index (χ3v) is 4.88. The number of hydrogen-bond donors (Lipinski definition) is 1. The van der Waals surface area contributed by atoms with Crippen LogP contribution in [0.4, 0.5) is 0 Å². The fourth-order valence-electron chi connectivity index (χ4n) is 2.96. The van der Waals surface area contributed by atoms with E-state index in [9.17, 15) is 9.59 Å². The van der Waals surface area contributed by atoms with Gasteiger partial charge >= 0.3 is 0 Å². The molecule has 4 rings (SSSR count). The van der Waals surface area contributed by atoms with Crippen molar-refractivity contribution in [2.75, 3.05) is 7.05 Å². The molecular formula is C17H13BrN4O2. The highest BCUT2D eigenvalue weighted by Crippen LogP contribution is 2.40. The van der Waals surface area contributed by atoms with Crippen molar-refractivity contribution in [3.63, 3.8) is 0 Å². The molecular weight excluding hydrogens is 372 g/mol. The molecule has 0 bridgehead atoms. The van der Waals surface area contributed by atoms with Crippen LogP contribution in [0.2, 0.25) is 0 Å². The number of rotatable bonds is 2. The molecule has 0 unspecified atom stereocenters. The number of amides is 2. The lowest BCUT2D eigenvalue weighted by atomic mass is 10.0. The average molecular weight is 385 g/mol. The summed E-state index contributed by atoms with van der Waals surface area (Å²) in [5.74, 6) is -0.666. The van der Waals surface area contributed by atoms with Gasteiger partial charge in [0.25, 0.3) is 11.8 Å². The number of likely N-dealkylation sites (N-methyl/N-ethyl adjacent to an activating group) is 1. The van der Waals surface area contributed by atoms with Crippen molar-refractivity contribution < 1.29 is 9.59 Å². The first-order valence-electron chi connectivity index (χ1n) is 7.30. The number of para-hydroxylation sites is 1. The van der Waals surface area contributed by atoms with Gasteiger partial charge in [0.2, 0.25) is 0 Å². The second-order valence-corrected chi connectivity index (χ2v) is 6.50. The normalized spacial score (nSPS) is 15.2. The Hall–Kier alpha value is -2.67. The molecule has 2 amide bonds. The van der Waals surface area contributed by atoms with Crippen molar-refractivity contribution in [1.82, 2.24) is 19.4 Å². The zero-order chi connectivity index (χ0) is 17.0. The Morgan fingerprint density at radius 1 is 1.12 bits per heavy atom. The molecule has 1 aromatic carbocycles. The predicted octanol–water partition coefficient (Wildman–Crippen LogP) is 2.67. The van der Waals surface area contributed by atoms with Crippen LogP contribution in [-0.4, -0.2) is 38.3 Å². The minimum absolute atomic E-state index is 0.275. The minimum Gasteiger partial charge on any atom is -0.353 e. The lowest BCUT2D eigenvalue weighted by molar-refractivity contribution is -0.134. The fourth-order valence-corrected chi connectivity index (χ4v) is 3.59. The summed E-state index contributed by atoms with van der Waals surface area (Å²) >= 11 is 3.30. The van der Waals surface area contributed by atoms with Gasteiger partial charge in [0.1, 0.15) is 5.69 Å². The largest absolute Gasteiger partial charge is 0.353 e. The lowest BCUT2D eigenvalue weighted by Gasteiger charge is -2.07. The van der Waals surface area contributed by atoms with Gasteiger partial charge in [-0.15, -0.1) is 0 Å². The van der Waals surface area contributed by atoms with Gasteiger partial charge in [-0.1, -0.05) is 18.2 Å². The molecule has 3 aromatic rings. The van der Waals surface area contributed by atoms with Crippen molar-refractivity contribution in [1.29, 1.82) is 0 Å². The van der Waals surface area contributed by atoms with E-state index in [1.807, 2.05) is 42.1 Å². The van der Waals surface area contributed by atoms with Gasteiger partial charge in [0, 0.05) is 36.8 Å². The van der Waals surface area contributed by atoms with Crippen LogP contribution >= 0.6 is 15.9 Å². The summed E-state index contributed by atoms with van der Waals surface area (Å²) in [5.41, 5.74) is 3.38. The Balaban J connectivity index is 2.08. The monoisotopic (exact) mass is 384 g/mol. The molecule has 0 radical (unpaired) electrons. The number of carbonyl (C=O) groups excluding carboxylic acids is 2. The van der Waals surface area contributed by atoms with Crippen LogP contribution in [0.5, 0.6) is 0 Å². The lowest BCUT2D eigenvalue weighted by Crippen LogP contribution is -2.26. The number of fused-ring (bicyclic) bond motifs is 1. The van der Waals surface area contributed by atoms with E-state index < -0.39 is 0 Å². The molecule has 1 N–H and O–H groups in total. The first-order valence-corrected chi connectivity index (χ1v) is 8.10. The second kappa shape index (κ2) is 5.17. The van der Waals surface area contributed by atoms with Crippen LogP contribution < -0.4 is 0 Å². The van der Waals surface area contributed by atoms with Gasteiger partial charge in [-0.05, 0) is 22.0 Å². The van der Waals surface area contributed by atoms with E-state index in [1.54, 1.807) is 6.33 Å². The number of nitrogens with one attached hydrogen (secondary N) is 1. The molecule has 3 heterocycles. The Kier molecular flexibility index (Phi) is 3.21. The smallest absolute Gasteiger partial charge is 0.268 e. The van der Waals surface area contributed by atoms with E-state index in [0.717, 1.165) is 21.5 Å². The van der Waals surface area contributed by atoms with E-state index in [2.05, 4.69) is 25.9 Å². The zero-order valence-electron chi connectivity index (χ0n) is 13.0. The Morgan fingerprint density at radius 3 is 2.50 bits per heavy atom. The highest BCUT2D eigenvalue weighted by molar-refractivity contribution is 9.12. The van der Waals surface area contributed by atoms with Crippen LogP contribution in [0.15, 0.2) is 41.3 Å². The first-order chi connectivity index (χ1) is 11.5. The molecule has 1 aliphatic rings. The summed E-state index contributed by atoms with van der Waals surface area (Å²) in [5, 5.41) is 0.876. The quantitative estimate of drug-likeness (QED) is 0.690. The van der Waals surface area contributed by atoms with Crippen LogP contribution in [0, 0.1) is 0 Å². The summed E-state index contributed by atoms with van der Waals surface area (Å²) in [6.07, 6.45) is 3.56. The maximum absolute atomic E-state index is 12.6. The fraction of sp³-hybridized carbons (Fsp3) is 0.118. The van der Waals surface area contributed by atoms with Crippen molar-refractivity contribution in [3.05, 3.63) is 46.8 Å². The van der Waals surface area contributed by atoms with Crippen molar-refractivity contribution in [2.24, 2.45) is 7.05 Å². The number of imidazole rings is 1. The third kappa shape index (κ3) is 1.98. The molecule has 0 saturated heterocycles. The van der Waals surface area contributed by atoms with Gasteiger partial charge in [-0.3, -0.25) is 14.5 Å². The van der Waals surface area contributed by atoms with Gasteiger partial charge in [-0.2, -0.15) is 0 Å². The van der Waals surface area contributed by atoms with Gasteiger partial charge < -0.3 is 9.55 Å². The first kappa shape index (κ1) is 14.9. The molecule has 120 valence electrons. The molecule has 0 spiro atoms. The van der Waals surface area contributed by atoms with Gasteiger partial charge in [-0.25, -0.2) is 4.98 Å². The van der Waals surface area contributed by atoms with E-state index in [4.69, 9.17) is 0 Å². The topological polar surface area (TPSA) is 71.0 Å². The molecule has 0 saturated carbocycles. The number of carbonyl (C=O) groups is 2. The summed E-state index contributed by atoms with van der Waals surface area (Å²) in [4.78, 5) is 33.6. The van der Waals surface area contributed by atoms with Gasteiger partial charge in [0.15, 0.2) is 0 Å². The standard InChI is InChI=1S/C17H13BrN4O2/c1-21-7-11(19-8-21)15-12(9-5-3-4-6-10(9)20-15)13-14(18)17(24)22(2)16(13)23/h3-8,20H,1-2H3. The number of aryl methyl sites for hydroxylation is 1. The molecule has 1 aliphatic heterocycles. The minimum atomic E-state index is -0.341. The summed E-state index contributed by atoms with van der Waals surface area (Å²) in [6.45, 7) is 0. The van der Waals surface area contributed by atoms with Crippen LogP contribution in [0.25, 0.3) is 27.9 Å². The molecule has 2 aromatic heterocycles. The number of aromatic amines is 1. The molecule has 6 nitrogen and oxygen atoms in total. The number of aromatic nitrogens is 3. The molecule has 0 atom stereocenters. The highest BCUT2D eigenvalue weighted by atomic mass is 79.9. The predicted molar refractivity (Wildman–Crippen MR) is 94.1 cm³/mol. The summed E-state index contributed by atoms with van der Waals surface area (Å²) < 4.78 is 2.11. The number of nitrogens with zero attached hydrogens (tertiary/aromatic N) is 3. The number of H-pyrrole nitrogens is 1. The third-order valence-electron chi connectivity index (χ3n) is 4.15. The van der Waals surface area contributed by atoms with Crippen molar-refractivity contribution in [3.8, 4) is 11.4 Å². The maximum atomic E-state index is 12.6. The number of halogens is 1. The number of benzene rings is 1. The summed E-state index contributed by atoms with van der Waals surface area (Å²) in [6, 6.07) is 7.69. The average Bonchev–Trinajstić information content (AvgIpc) is 3.21. The molecule has 0 aliphatic carbocycles. The number of hydrogen-bond acceptors (Lipinski definition) is 3.